The molecule has 0 aliphatic rings. The first kappa shape index (κ1) is 14.8. The molecule has 1 amide bonds. The largest absolute Gasteiger partial charge is 0.497 e. The minimum absolute atomic E-state index is 0.249. The second kappa shape index (κ2) is 7.24. The van der Waals surface area contributed by atoms with E-state index >= 15 is 0 Å². The molecule has 0 aliphatic heterocycles. The zero-order valence-corrected chi connectivity index (χ0v) is 12.2. The van der Waals surface area contributed by atoms with Crippen molar-refractivity contribution in [3.8, 4) is 5.75 Å². The van der Waals surface area contributed by atoms with Crippen molar-refractivity contribution in [2.75, 3.05) is 7.11 Å². The van der Waals surface area contributed by atoms with Crippen molar-refractivity contribution in [2.45, 2.75) is 13.3 Å². The first-order chi connectivity index (χ1) is 10.2. The maximum atomic E-state index is 12.0. The summed E-state index contributed by atoms with van der Waals surface area (Å²) in [5.74, 6) is 0.397. The molecule has 0 unspecified atom stereocenters. The van der Waals surface area contributed by atoms with Crippen LogP contribution in [0, 0.1) is 0 Å². The van der Waals surface area contributed by atoms with Crippen LogP contribution < -0.4 is 10.2 Å². The van der Waals surface area contributed by atoms with E-state index in [0.717, 1.165) is 11.3 Å². The van der Waals surface area contributed by atoms with Gasteiger partial charge in [-0.05, 0) is 30.7 Å². The molecule has 2 aromatic rings. The Bertz CT molecular complexity index is 636. The molecule has 0 heterocycles. The van der Waals surface area contributed by atoms with Crippen LogP contribution in [0.1, 0.15) is 22.8 Å². The van der Waals surface area contributed by atoms with Crippen molar-refractivity contribution in [3.05, 3.63) is 65.7 Å². The minimum Gasteiger partial charge on any atom is -0.497 e. The van der Waals surface area contributed by atoms with Gasteiger partial charge < -0.3 is 4.74 Å². The molecule has 0 aliphatic carbocycles. The van der Waals surface area contributed by atoms with Crippen LogP contribution in [0.3, 0.4) is 0 Å². The number of hydrogen-bond donors (Lipinski definition) is 1. The Morgan fingerprint density at radius 1 is 1.14 bits per heavy atom. The highest BCUT2D eigenvalue weighted by Gasteiger charge is 2.05. The first-order valence-electron chi connectivity index (χ1n) is 6.70. The number of rotatable bonds is 5. The van der Waals surface area contributed by atoms with Crippen molar-refractivity contribution < 1.29 is 9.53 Å². The van der Waals surface area contributed by atoms with Crippen LogP contribution in [0.4, 0.5) is 0 Å². The molecule has 0 saturated carbocycles. The van der Waals surface area contributed by atoms with Crippen molar-refractivity contribution in [1.82, 2.24) is 5.43 Å². The van der Waals surface area contributed by atoms with Gasteiger partial charge in [-0.1, -0.05) is 36.4 Å². The van der Waals surface area contributed by atoms with Gasteiger partial charge in [0, 0.05) is 17.7 Å². The highest BCUT2D eigenvalue weighted by molar-refractivity contribution is 5.95. The molecule has 2 rings (SSSR count). The lowest BCUT2D eigenvalue weighted by Gasteiger charge is -2.05. The lowest BCUT2D eigenvalue weighted by Crippen LogP contribution is -2.19. The van der Waals surface area contributed by atoms with Crippen LogP contribution in [-0.4, -0.2) is 18.7 Å². The standard InChI is InChI=1S/C17H18N2O2/c1-13(11-14-7-4-3-5-8-14)18-19-17(20)15-9-6-10-16(12-15)21-2/h3-10,12H,11H2,1-2H3,(H,19,20)/b18-13+. The van der Waals surface area contributed by atoms with Gasteiger partial charge in [-0.3, -0.25) is 4.79 Å². The molecule has 0 bridgehead atoms. The minimum atomic E-state index is -0.249. The smallest absolute Gasteiger partial charge is 0.271 e. The Labute approximate surface area is 124 Å². The lowest BCUT2D eigenvalue weighted by molar-refractivity contribution is 0.0954. The van der Waals surface area contributed by atoms with Crippen LogP contribution >= 0.6 is 0 Å². The van der Waals surface area contributed by atoms with Gasteiger partial charge in [-0.15, -0.1) is 0 Å². The molecule has 0 aromatic heterocycles. The predicted molar refractivity (Wildman–Crippen MR) is 83.7 cm³/mol. The molecule has 4 heteroatoms. The van der Waals surface area contributed by atoms with E-state index in [2.05, 4.69) is 10.5 Å². The van der Waals surface area contributed by atoms with E-state index in [9.17, 15) is 4.79 Å². The van der Waals surface area contributed by atoms with Gasteiger partial charge in [0.2, 0.25) is 0 Å². The number of carbonyl (C=O) groups is 1. The van der Waals surface area contributed by atoms with Crippen molar-refractivity contribution in [2.24, 2.45) is 5.10 Å². The third-order valence-electron chi connectivity index (χ3n) is 2.98. The average Bonchev–Trinajstić information content (AvgIpc) is 2.53. The Hall–Kier alpha value is -2.62. The van der Waals surface area contributed by atoms with Crippen molar-refractivity contribution >= 4 is 11.6 Å². The number of ether oxygens (including phenoxy) is 1. The van der Waals surface area contributed by atoms with E-state index in [1.165, 1.54) is 0 Å². The highest BCUT2D eigenvalue weighted by atomic mass is 16.5. The van der Waals surface area contributed by atoms with Gasteiger partial charge in [-0.2, -0.15) is 5.10 Å². The summed E-state index contributed by atoms with van der Waals surface area (Å²) in [4.78, 5) is 12.0. The Morgan fingerprint density at radius 2 is 1.90 bits per heavy atom. The van der Waals surface area contributed by atoms with E-state index in [4.69, 9.17) is 4.74 Å². The van der Waals surface area contributed by atoms with Gasteiger partial charge in [0.25, 0.3) is 5.91 Å². The molecule has 21 heavy (non-hydrogen) atoms. The fourth-order valence-electron chi connectivity index (χ4n) is 1.91. The second-order valence-electron chi connectivity index (χ2n) is 4.68. The molecule has 0 radical (unpaired) electrons. The number of hydrazone groups is 1. The maximum absolute atomic E-state index is 12.0. The molecular formula is C17H18N2O2. The lowest BCUT2D eigenvalue weighted by atomic mass is 10.1. The monoisotopic (exact) mass is 282 g/mol. The quantitative estimate of drug-likeness (QED) is 0.677. The summed E-state index contributed by atoms with van der Waals surface area (Å²) in [7, 11) is 1.57. The van der Waals surface area contributed by atoms with Crippen LogP contribution in [-0.2, 0) is 6.42 Å². The highest BCUT2D eigenvalue weighted by Crippen LogP contribution is 2.12. The molecule has 4 nitrogen and oxygen atoms in total. The van der Waals surface area contributed by atoms with Gasteiger partial charge in [0.15, 0.2) is 0 Å². The Kier molecular flexibility index (Phi) is 5.10. The number of nitrogens with one attached hydrogen (secondary N) is 1. The van der Waals surface area contributed by atoms with Gasteiger partial charge in [0.1, 0.15) is 5.75 Å². The molecule has 0 fully saturated rings. The molecule has 0 saturated heterocycles. The molecule has 0 spiro atoms. The summed E-state index contributed by atoms with van der Waals surface area (Å²) in [6.07, 6.45) is 0.708. The van der Waals surface area contributed by atoms with E-state index < -0.39 is 0 Å². The van der Waals surface area contributed by atoms with Crippen molar-refractivity contribution in [3.63, 3.8) is 0 Å². The molecule has 1 N–H and O–H groups in total. The summed E-state index contributed by atoms with van der Waals surface area (Å²) < 4.78 is 5.09. The van der Waals surface area contributed by atoms with E-state index in [1.807, 2.05) is 37.3 Å². The summed E-state index contributed by atoms with van der Waals surface area (Å²) in [6.45, 7) is 1.89. The van der Waals surface area contributed by atoms with Gasteiger partial charge in [-0.25, -0.2) is 5.43 Å². The van der Waals surface area contributed by atoms with Crippen LogP contribution in [0.15, 0.2) is 59.7 Å². The van der Waals surface area contributed by atoms with Gasteiger partial charge in [0.05, 0.1) is 7.11 Å². The molecule has 108 valence electrons. The van der Waals surface area contributed by atoms with E-state index in [-0.39, 0.29) is 5.91 Å². The Balaban J connectivity index is 1.97. The van der Waals surface area contributed by atoms with Crippen molar-refractivity contribution in [1.29, 1.82) is 0 Å². The third kappa shape index (κ3) is 4.45. The van der Waals surface area contributed by atoms with Crippen LogP contribution in [0.25, 0.3) is 0 Å². The summed E-state index contributed by atoms with van der Waals surface area (Å²) in [5, 5.41) is 4.13. The molecule has 0 atom stereocenters. The summed E-state index contributed by atoms with van der Waals surface area (Å²) in [5.41, 5.74) is 5.09. The zero-order chi connectivity index (χ0) is 15.1. The summed E-state index contributed by atoms with van der Waals surface area (Å²) >= 11 is 0. The van der Waals surface area contributed by atoms with Gasteiger partial charge >= 0.3 is 0 Å². The number of methoxy groups -OCH3 is 1. The summed E-state index contributed by atoms with van der Waals surface area (Å²) in [6, 6.07) is 17.0. The molecule has 2 aromatic carbocycles. The number of carbonyl (C=O) groups excluding carboxylic acids is 1. The van der Waals surface area contributed by atoms with E-state index in [1.54, 1.807) is 31.4 Å². The van der Waals surface area contributed by atoms with Crippen LogP contribution in [0.2, 0.25) is 0 Å². The molecular weight excluding hydrogens is 264 g/mol. The van der Waals surface area contributed by atoms with Crippen LogP contribution in [0.5, 0.6) is 5.75 Å². The maximum Gasteiger partial charge on any atom is 0.271 e. The first-order valence-corrected chi connectivity index (χ1v) is 6.70. The Morgan fingerprint density at radius 3 is 2.62 bits per heavy atom. The fourth-order valence-corrected chi connectivity index (χ4v) is 1.91. The number of nitrogens with zero attached hydrogens (tertiary/aromatic N) is 1. The number of hydrogen-bond acceptors (Lipinski definition) is 3. The third-order valence-corrected chi connectivity index (χ3v) is 2.98. The number of benzene rings is 2. The average molecular weight is 282 g/mol. The number of amides is 1. The second-order valence-corrected chi connectivity index (χ2v) is 4.68. The topological polar surface area (TPSA) is 50.7 Å². The SMILES string of the molecule is COc1cccc(C(=O)N/N=C(\C)Cc2ccccc2)c1. The fraction of sp³-hybridized carbons (Fsp3) is 0.176. The predicted octanol–water partition coefficient (Wildman–Crippen LogP) is 3.04. The van der Waals surface area contributed by atoms with E-state index in [0.29, 0.717) is 17.7 Å². The normalized spacial score (nSPS) is 11.0. The zero-order valence-electron chi connectivity index (χ0n) is 12.2.